The smallest absolute Gasteiger partial charge is 0.307 e. The zero-order chi connectivity index (χ0) is 16.5. The van der Waals surface area contributed by atoms with Crippen molar-refractivity contribution in [3.63, 3.8) is 0 Å². The van der Waals surface area contributed by atoms with E-state index in [4.69, 9.17) is 9.47 Å². The molecule has 4 heteroatoms. The zero-order valence-corrected chi connectivity index (χ0v) is 14.7. The molecule has 2 heterocycles. The van der Waals surface area contributed by atoms with Crippen LogP contribution in [-0.4, -0.2) is 22.7 Å². The Hall–Kier alpha value is -0.610. The molecule has 4 nitrogen and oxygen atoms in total. The molecule has 2 aliphatic carbocycles. The second-order valence-electron chi connectivity index (χ2n) is 8.40. The highest BCUT2D eigenvalue weighted by Crippen LogP contribution is 2.85. The van der Waals surface area contributed by atoms with Gasteiger partial charge in [0.05, 0.1) is 5.92 Å². The van der Waals surface area contributed by atoms with E-state index in [0.29, 0.717) is 12.3 Å². The standard InChI is InChI=1S/C19H30O4/c1-4-17(5-2,13-9-7-6-8-10-13)16(3)14(15(20)21)11-12-18-19(16,22-18)23-18/h13-14H,4-12H2,1-3H3,(H,20,21). The van der Waals surface area contributed by atoms with Crippen molar-refractivity contribution in [2.24, 2.45) is 22.7 Å². The molecule has 0 spiro atoms. The molecule has 0 aromatic rings. The first kappa shape index (κ1) is 15.9. The summed E-state index contributed by atoms with van der Waals surface area (Å²) in [5.41, 5.74) is -0.426. The highest BCUT2D eigenvalue weighted by atomic mass is 17.0. The van der Waals surface area contributed by atoms with Crippen LogP contribution in [0.1, 0.15) is 78.6 Å². The normalized spacial score (nSPS) is 46.0. The maximum atomic E-state index is 12.1. The van der Waals surface area contributed by atoms with Crippen LogP contribution < -0.4 is 0 Å². The van der Waals surface area contributed by atoms with Gasteiger partial charge in [0.25, 0.3) is 0 Å². The van der Waals surface area contributed by atoms with Crippen molar-refractivity contribution in [2.45, 2.75) is 90.1 Å². The maximum absolute atomic E-state index is 12.1. The fraction of sp³-hybridized carbons (Fsp3) is 0.947. The largest absolute Gasteiger partial charge is 0.481 e. The number of epoxide rings is 2. The summed E-state index contributed by atoms with van der Waals surface area (Å²) >= 11 is 0. The fourth-order valence-corrected chi connectivity index (χ4v) is 6.83. The molecule has 1 N–H and O–H groups in total. The molecule has 4 fully saturated rings. The molecular weight excluding hydrogens is 292 g/mol. The monoisotopic (exact) mass is 322 g/mol. The summed E-state index contributed by atoms with van der Waals surface area (Å²) in [6.45, 7) is 6.68. The van der Waals surface area contributed by atoms with Crippen molar-refractivity contribution in [1.82, 2.24) is 0 Å². The highest BCUT2D eigenvalue weighted by Gasteiger charge is 3.00. The maximum Gasteiger partial charge on any atom is 0.307 e. The van der Waals surface area contributed by atoms with E-state index in [1.165, 1.54) is 32.1 Å². The molecule has 0 aromatic carbocycles. The molecule has 4 rings (SSSR count). The van der Waals surface area contributed by atoms with E-state index in [0.717, 1.165) is 19.3 Å². The molecule has 23 heavy (non-hydrogen) atoms. The van der Waals surface area contributed by atoms with Crippen molar-refractivity contribution < 1.29 is 19.4 Å². The van der Waals surface area contributed by atoms with Gasteiger partial charge in [-0.15, -0.1) is 0 Å². The van der Waals surface area contributed by atoms with Crippen LogP contribution in [0.4, 0.5) is 0 Å². The Morgan fingerprint density at radius 2 is 1.74 bits per heavy atom. The van der Waals surface area contributed by atoms with Crippen molar-refractivity contribution in [3.8, 4) is 0 Å². The first-order valence-electron chi connectivity index (χ1n) is 9.56. The zero-order valence-electron chi connectivity index (χ0n) is 14.7. The number of rotatable bonds is 5. The molecule has 2 saturated carbocycles. The van der Waals surface area contributed by atoms with Gasteiger partial charge in [0, 0.05) is 11.8 Å². The van der Waals surface area contributed by atoms with Gasteiger partial charge < -0.3 is 14.6 Å². The van der Waals surface area contributed by atoms with Gasteiger partial charge in [0.15, 0.2) is 0 Å². The third-order valence-corrected chi connectivity index (χ3v) is 8.16. The lowest BCUT2D eigenvalue weighted by atomic mass is 9.46. The minimum absolute atomic E-state index is 0.00481. The van der Waals surface area contributed by atoms with Crippen molar-refractivity contribution in [1.29, 1.82) is 0 Å². The van der Waals surface area contributed by atoms with Crippen LogP contribution in [-0.2, 0) is 14.3 Å². The van der Waals surface area contributed by atoms with Gasteiger partial charge in [-0.25, -0.2) is 0 Å². The highest BCUT2D eigenvalue weighted by molar-refractivity contribution is 5.72. The van der Waals surface area contributed by atoms with Crippen LogP contribution in [0, 0.1) is 22.7 Å². The summed E-state index contributed by atoms with van der Waals surface area (Å²) in [7, 11) is 0. The third kappa shape index (κ3) is 1.62. The van der Waals surface area contributed by atoms with E-state index in [1.807, 2.05) is 0 Å². The van der Waals surface area contributed by atoms with Gasteiger partial charge in [-0.1, -0.05) is 40.0 Å². The molecule has 0 radical (unpaired) electrons. The Balaban J connectivity index is 1.80. The predicted octanol–water partition coefficient (Wildman–Crippen LogP) is 4.33. The average molecular weight is 322 g/mol. The molecule has 2 unspecified atom stereocenters. The number of aliphatic carboxylic acids is 1. The summed E-state index contributed by atoms with van der Waals surface area (Å²) < 4.78 is 12.1. The number of ether oxygens (including phenoxy) is 2. The molecule has 130 valence electrons. The van der Waals surface area contributed by atoms with E-state index in [2.05, 4.69) is 20.8 Å². The Kier molecular flexibility index (Phi) is 3.26. The summed E-state index contributed by atoms with van der Waals surface area (Å²) in [5, 5.41) is 9.98. The lowest BCUT2D eigenvalue weighted by molar-refractivity contribution is -0.206. The average Bonchev–Trinajstić information content (AvgIpc) is 3.38. The number of hydrogen-bond acceptors (Lipinski definition) is 3. The number of carbonyl (C=O) groups is 1. The minimum atomic E-state index is -0.663. The number of carboxylic acid groups (broad SMARTS) is 1. The quantitative estimate of drug-likeness (QED) is 0.765. The van der Waals surface area contributed by atoms with E-state index < -0.39 is 23.0 Å². The van der Waals surface area contributed by atoms with Crippen LogP contribution in [0.3, 0.4) is 0 Å². The van der Waals surface area contributed by atoms with Crippen LogP contribution in [0.15, 0.2) is 0 Å². The summed E-state index contributed by atoms with van der Waals surface area (Å²) in [6.07, 6.45) is 9.79. The lowest BCUT2D eigenvalue weighted by Gasteiger charge is -2.56. The molecular formula is C19H30O4. The molecule has 2 atom stereocenters. The van der Waals surface area contributed by atoms with E-state index in [9.17, 15) is 9.90 Å². The van der Waals surface area contributed by atoms with Crippen molar-refractivity contribution in [3.05, 3.63) is 0 Å². The van der Waals surface area contributed by atoms with Gasteiger partial charge >= 0.3 is 5.97 Å². The predicted molar refractivity (Wildman–Crippen MR) is 85.7 cm³/mol. The van der Waals surface area contributed by atoms with E-state index >= 15 is 0 Å². The Morgan fingerprint density at radius 3 is 2.26 bits per heavy atom. The van der Waals surface area contributed by atoms with Gasteiger partial charge in [0.2, 0.25) is 11.6 Å². The molecule has 2 saturated heterocycles. The second kappa shape index (κ2) is 4.72. The topological polar surface area (TPSA) is 62.4 Å². The molecule has 0 amide bonds. The van der Waals surface area contributed by atoms with Crippen molar-refractivity contribution in [2.75, 3.05) is 0 Å². The van der Waals surface area contributed by atoms with Crippen LogP contribution in [0.2, 0.25) is 0 Å². The lowest BCUT2D eigenvalue weighted by Crippen LogP contribution is -2.58. The second-order valence-corrected chi connectivity index (χ2v) is 8.40. The van der Waals surface area contributed by atoms with E-state index in [-0.39, 0.29) is 11.3 Å². The van der Waals surface area contributed by atoms with Crippen molar-refractivity contribution >= 4 is 5.97 Å². The Morgan fingerprint density at radius 1 is 1.13 bits per heavy atom. The van der Waals surface area contributed by atoms with Gasteiger partial charge in [-0.05, 0) is 43.4 Å². The number of hydrogen-bond donors (Lipinski definition) is 1. The first-order chi connectivity index (χ1) is 10.9. The Labute approximate surface area is 138 Å². The number of carboxylic acids is 1. The summed E-state index contributed by atoms with van der Waals surface area (Å²) in [5.74, 6) is -1.44. The summed E-state index contributed by atoms with van der Waals surface area (Å²) in [4.78, 5) is 12.1. The van der Waals surface area contributed by atoms with Gasteiger partial charge in [-0.3, -0.25) is 4.79 Å². The third-order valence-electron chi connectivity index (χ3n) is 8.16. The van der Waals surface area contributed by atoms with Gasteiger partial charge in [0.1, 0.15) is 0 Å². The van der Waals surface area contributed by atoms with Crippen LogP contribution in [0.25, 0.3) is 0 Å². The summed E-state index contributed by atoms with van der Waals surface area (Å²) in [6, 6.07) is 0. The molecule has 0 bridgehead atoms. The molecule has 4 aliphatic rings. The van der Waals surface area contributed by atoms with Crippen LogP contribution >= 0.6 is 0 Å². The first-order valence-corrected chi connectivity index (χ1v) is 9.56. The van der Waals surface area contributed by atoms with Gasteiger partial charge in [-0.2, -0.15) is 0 Å². The van der Waals surface area contributed by atoms with Crippen LogP contribution in [0.5, 0.6) is 0 Å². The SMILES string of the molecule is CCC(CC)(C1CCCCC1)C1(C)C(C(=O)O)CCC23OC21O3. The molecule has 0 aromatic heterocycles. The fourth-order valence-electron chi connectivity index (χ4n) is 6.83. The Bertz CT molecular complexity index is 511. The van der Waals surface area contributed by atoms with E-state index in [1.54, 1.807) is 0 Å². The minimum Gasteiger partial charge on any atom is -0.481 e. The molecule has 2 aliphatic heterocycles.